The van der Waals surface area contributed by atoms with E-state index in [0.717, 1.165) is 39.3 Å². The van der Waals surface area contributed by atoms with Crippen LogP contribution in [-0.2, 0) is 21.4 Å². The molecule has 202 valence electrons. The van der Waals surface area contributed by atoms with Crippen molar-refractivity contribution in [2.24, 2.45) is 5.10 Å². The summed E-state index contributed by atoms with van der Waals surface area (Å²) in [6, 6.07) is 24.2. The van der Waals surface area contributed by atoms with Gasteiger partial charge in [-0.15, -0.1) is 0 Å². The van der Waals surface area contributed by atoms with Gasteiger partial charge in [-0.25, -0.2) is 13.8 Å². The molecule has 0 aliphatic heterocycles. The summed E-state index contributed by atoms with van der Waals surface area (Å²) in [7, 11) is -3.92. The Morgan fingerprint density at radius 3 is 2.26 bits per heavy atom. The molecule has 4 rings (SSSR count). The summed E-state index contributed by atoms with van der Waals surface area (Å²) >= 11 is 0. The number of benzene rings is 3. The zero-order valence-electron chi connectivity index (χ0n) is 23.0. The highest BCUT2D eigenvalue weighted by Crippen LogP contribution is 2.24. The average Bonchev–Trinajstić information content (AvgIpc) is 3.18. The minimum Gasteiger partial charge on any atom is -0.318 e. The monoisotopic (exact) mass is 542 g/mol. The number of aryl methyl sites for hydroxylation is 4. The highest BCUT2D eigenvalue weighted by molar-refractivity contribution is 7.89. The predicted octanol–water partition coefficient (Wildman–Crippen LogP) is 5.36. The second kappa shape index (κ2) is 11.8. The van der Waals surface area contributed by atoms with Crippen LogP contribution in [0, 0.1) is 34.6 Å². The zero-order chi connectivity index (χ0) is 28.2. The summed E-state index contributed by atoms with van der Waals surface area (Å²) in [5, 5.41) is 4.16. The molecule has 0 fully saturated rings. The molecule has 0 radical (unpaired) electrons. The van der Waals surface area contributed by atoms with Crippen LogP contribution in [0.4, 0.5) is 0 Å². The molecular weight excluding hydrogens is 508 g/mol. The first-order valence-electron chi connectivity index (χ1n) is 12.8. The molecule has 0 saturated carbocycles. The normalized spacial score (nSPS) is 11.8. The van der Waals surface area contributed by atoms with E-state index in [2.05, 4.69) is 47.1 Å². The Labute approximate surface area is 230 Å². The Morgan fingerprint density at radius 2 is 1.56 bits per heavy atom. The molecule has 1 aromatic heterocycles. The molecule has 7 nitrogen and oxygen atoms in total. The van der Waals surface area contributed by atoms with Gasteiger partial charge in [0, 0.05) is 29.2 Å². The summed E-state index contributed by atoms with van der Waals surface area (Å²) in [6.07, 6.45) is 1.60. The molecule has 0 unspecified atom stereocenters. The predicted molar refractivity (Wildman–Crippen MR) is 156 cm³/mol. The number of carbonyl (C=O) groups is 1. The van der Waals surface area contributed by atoms with Crippen LogP contribution in [0.2, 0.25) is 0 Å². The molecule has 1 amide bonds. The number of hydrogen-bond acceptors (Lipinski definition) is 4. The largest absolute Gasteiger partial charge is 0.318 e. The van der Waals surface area contributed by atoms with Crippen LogP contribution in [0.5, 0.6) is 0 Å². The number of rotatable bonds is 9. The molecule has 39 heavy (non-hydrogen) atoms. The van der Waals surface area contributed by atoms with Crippen LogP contribution < -0.4 is 5.43 Å². The van der Waals surface area contributed by atoms with Crippen molar-refractivity contribution in [1.29, 1.82) is 0 Å². The maximum atomic E-state index is 13.5. The summed E-state index contributed by atoms with van der Waals surface area (Å²) in [4.78, 5) is 13.0. The number of hydrogen-bond donors (Lipinski definition) is 1. The Kier molecular flexibility index (Phi) is 8.47. The van der Waals surface area contributed by atoms with Crippen LogP contribution in [0.15, 0.2) is 88.9 Å². The van der Waals surface area contributed by atoms with Crippen molar-refractivity contribution in [2.45, 2.75) is 46.1 Å². The van der Waals surface area contributed by atoms with Gasteiger partial charge in [-0.1, -0.05) is 60.2 Å². The van der Waals surface area contributed by atoms with Gasteiger partial charge in [-0.3, -0.25) is 4.79 Å². The number of aromatic nitrogens is 1. The first-order valence-corrected chi connectivity index (χ1v) is 14.2. The van der Waals surface area contributed by atoms with Crippen LogP contribution in [-0.4, -0.2) is 36.0 Å². The van der Waals surface area contributed by atoms with E-state index in [1.807, 2.05) is 57.2 Å². The van der Waals surface area contributed by atoms with E-state index in [-0.39, 0.29) is 18.0 Å². The van der Waals surface area contributed by atoms with Crippen LogP contribution in [0.25, 0.3) is 5.69 Å². The number of sulfonamides is 1. The topological polar surface area (TPSA) is 83.8 Å². The Hall–Kier alpha value is -4.01. The van der Waals surface area contributed by atoms with Gasteiger partial charge in [0.25, 0.3) is 5.91 Å². The summed E-state index contributed by atoms with van der Waals surface area (Å²) in [5.41, 5.74) is 10.6. The van der Waals surface area contributed by atoms with E-state index in [1.54, 1.807) is 30.5 Å². The van der Waals surface area contributed by atoms with E-state index in [0.29, 0.717) is 0 Å². The minimum absolute atomic E-state index is 0.0607. The zero-order valence-corrected chi connectivity index (χ0v) is 23.8. The van der Waals surface area contributed by atoms with Crippen LogP contribution >= 0.6 is 0 Å². The van der Waals surface area contributed by atoms with Crippen molar-refractivity contribution in [1.82, 2.24) is 14.3 Å². The number of carbonyl (C=O) groups excluding carboxylic acids is 1. The van der Waals surface area contributed by atoms with Crippen molar-refractivity contribution in [3.8, 4) is 5.69 Å². The molecule has 3 aromatic carbocycles. The molecule has 0 spiro atoms. The van der Waals surface area contributed by atoms with Gasteiger partial charge in [0.2, 0.25) is 10.0 Å². The number of amides is 1. The molecule has 8 heteroatoms. The minimum atomic E-state index is -3.92. The van der Waals surface area contributed by atoms with Crippen molar-refractivity contribution >= 4 is 22.1 Å². The smallest absolute Gasteiger partial charge is 0.255 e. The molecule has 0 atom stereocenters. The Morgan fingerprint density at radius 1 is 0.897 bits per heavy atom. The van der Waals surface area contributed by atoms with Gasteiger partial charge in [0.05, 0.1) is 17.7 Å². The molecule has 0 bridgehead atoms. The second-order valence-electron chi connectivity index (χ2n) is 9.82. The molecule has 1 heterocycles. The fourth-order valence-corrected chi connectivity index (χ4v) is 5.88. The number of nitrogens with one attached hydrogen (secondary N) is 1. The lowest BCUT2D eigenvalue weighted by Crippen LogP contribution is -2.39. The van der Waals surface area contributed by atoms with Gasteiger partial charge < -0.3 is 4.57 Å². The number of nitrogens with zero attached hydrogens (tertiary/aromatic N) is 3. The Balaban J connectivity index is 1.53. The van der Waals surface area contributed by atoms with Gasteiger partial charge >= 0.3 is 0 Å². The van der Waals surface area contributed by atoms with Crippen molar-refractivity contribution in [3.05, 3.63) is 118 Å². The van der Waals surface area contributed by atoms with Crippen LogP contribution in [0.3, 0.4) is 0 Å². The van der Waals surface area contributed by atoms with Crippen molar-refractivity contribution in [3.63, 3.8) is 0 Å². The lowest BCUT2D eigenvalue weighted by atomic mass is 10.1. The van der Waals surface area contributed by atoms with E-state index >= 15 is 0 Å². The quantitative estimate of drug-likeness (QED) is 0.228. The lowest BCUT2D eigenvalue weighted by Gasteiger charge is -2.21. The van der Waals surface area contributed by atoms with Crippen LogP contribution in [0.1, 0.15) is 39.2 Å². The van der Waals surface area contributed by atoms with Gasteiger partial charge in [-0.2, -0.15) is 9.41 Å². The fourth-order valence-electron chi connectivity index (χ4n) is 4.49. The van der Waals surface area contributed by atoms with Crippen molar-refractivity contribution < 1.29 is 13.2 Å². The van der Waals surface area contributed by atoms with E-state index in [9.17, 15) is 13.2 Å². The molecule has 0 saturated heterocycles. The maximum Gasteiger partial charge on any atom is 0.255 e. The summed E-state index contributed by atoms with van der Waals surface area (Å²) in [5.74, 6) is -0.527. The molecule has 1 N–H and O–H groups in total. The molecule has 0 aliphatic rings. The fraction of sp³-hybridized carbons (Fsp3) is 0.226. The molecule has 0 aliphatic carbocycles. The van der Waals surface area contributed by atoms with Gasteiger partial charge in [0.15, 0.2) is 0 Å². The third kappa shape index (κ3) is 6.53. The SMILES string of the molecule is Cc1ccc(S(=O)(=O)N(CC(=O)N/N=C/c2cc(C)n(-c3cc(C)ccc3C)c2C)Cc2ccccc2)cc1. The first kappa shape index (κ1) is 28.0. The van der Waals surface area contributed by atoms with Gasteiger partial charge in [-0.05, 0) is 75.6 Å². The highest BCUT2D eigenvalue weighted by Gasteiger charge is 2.27. The second-order valence-corrected chi connectivity index (χ2v) is 11.8. The van der Waals surface area contributed by atoms with Gasteiger partial charge in [0.1, 0.15) is 0 Å². The standard InChI is InChI=1S/C31H34N4O3S/c1-22-12-15-29(16-13-22)39(37,38)34(20-27-9-7-6-8-10-27)21-31(36)33-32-19-28-18-25(4)35(26(28)5)30-17-23(2)11-14-24(30)3/h6-19H,20-21H2,1-5H3,(H,33,36)/b32-19+. The average molecular weight is 543 g/mol. The third-order valence-corrected chi connectivity index (χ3v) is 8.46. The summed E-state index contributed by atoms with van der Waals surface area (Å²) < 4.78 is 30.2. The highest BCUT2D eigenvalue weighted by atomic mass is 32.2. The third-order valence-electron chi connectivity index (χ3n) is 6.65. The molecule has 4 aromatic rings. The number of hydrazone groups is 1. The van der Waals surface area contributed by atoms with E-state index in [1.165, 1.54) is 9.87 Å². The van der Waals surface area contributed by atoms with E-state index in [4.69, 9.17) is 0 Å². The first-order chi connectivity index (χ1) is 18.6. The molecular formula is C31H34N4O3S. The van der Waals surface area contributed by atoms with Crippen molar-refractivity contribution in [2.75, 3.05) is 6.54 Å². The van der Waals surface area contributed by atoms with E-state index < -0.39 is 15.9 Å². The summed E-state index contributed by atoms with van der Waals surface area (Å²) in [6.45, 7) is 9.76. The Bertz CT molecular complexity index is 1610. The maximum absolute atomic E-state index is 13.5. The lowest BCUT2D eigenvalue weighted by molar-refractivity contribution is -0.121.